The average molecular weight is 470 g/mol. The Bertz CT molecular complexity index is 1300. The smallest absolute Gasteiger partial charge is 0.335 e. The largest absolute Gasteiger partial charge is 0.507 e. The van der Waals surface area contributed by atoms with Crippen molar-refractivity contribution in [1.29, 1.82) is 0 Å². The summed E-state index contributed by atoms with van der Waals surface area (Å²) in [5, 5.41) is 20.3. The maximum atomic E-state index is 13.2. The second kappa shape index (κ2) is 9.22. The van der Waals surface area contributed by atoms with Crippen molar-refractivity contribution in [3.8, 4) is 0 Å². The number of likely N-dealkylation sites (tertiary alicyclic amines) is 1. The fraction of sp³-hybridized carbons (Fsp3) is 0.207. The number of Topliss-reactive ketones (excluding diaryl/α,β-unsaturated/α-hetero) is 1. The highest BCUT2D eigenvalue weighted by Crippen LogP contribution is 2.40. The van der Waals surface area contributed by atoms with Crippen LogP contribution in [0.5, 0.6) is 0 Å². The van der Waals surface area contributed by atoms with E-state index in [1.807, 2.05) is 24.3 Å². The molecule has 1 aliphatic heterocycles. The van der Waals surface area contributed by atoms with Crippen LogP contribution in [0.25, 0.3) is 5.76 Å². The standard InChI is InChI=1S/C29H27NO5/c1-29(2,3)22-15-13-19(14-16-22)24-23(25(31)20-7-5-4-6-8-20)26(32)27(33)30(24)17-18-9-11-21(12-10-18)28(34)35/h4-16,24,31H,17H2,1-3H3,(H,34,35)/b25-23+. The molecule has 6 heteroatoms. The van der Waals surface area contributed by atoms with Crippen LogP contribution in [-0.4, -0.2) is 32.8 Å². The number of hydrogen-bond acceptors (Lipinski definition) is 4. The molecule has 35 heavy (non-hydrogen) atoms. The number of carboxylic acid groups (broad SMARTS) is 1. The molecule has 1 aliphatic rings. The highest BCUT2D eigenvalue weighted by Gasteiger charge is 2.46. The first-order chi connectivity index (χ1) is 16.6. The molecule has 2 N–H and O–H groups in total. The summed E-state index contributed by atoms with van der Waals surface area (Å²) in [4.78, 5) is 39.0. The quantitative estimate of drug-likeness (QED) is 0.300. The molecular formula is C29H27NO5. The molecule has 178 valence electrons. The van der Waals surface area contributed by atoms with Gasteiger partial charge in [-0.15, -0.1) is 0 Å². The van der Waals surface area contributed by atoms with Crippen LogP contribution in [0.2, 0.25) is 0 Å². The molecule has 0 bridgehead atoms. The van der Waals surface area contributed by atoms with Crippen molar-refractivity contribution in [3.63, 3.8) is 0 Å². The van der Waals surface area contributed by atoms with E-state index in [0.717, 1.165) is 5.56 Å². The molecule has 1 heterocycles. The molecular weight excluding hydrogens is 442 g/mol. The van der Waals surface area contributed by atoms with Crippen molar-refractivity contribution in [2.75, 3.05) is 0 Å². The van der Waals surface area contributed by atoms with E-state index in [9.17, 15) is 19.5 Å². The van der Waals surface area contributed by atoms with Crippen LogP contribution in [0.3, 0.4) is 0 Å². The van der Waals surface area contributed by atoms with E-state index >= 15 is 0 Å². The van der Waals surface area contributed by atoms with Gasteiger partial charge in [0.2, 0.25) is 0 Å². The lowest BCUT2D eigenvalue weighted by Crippen LogP contribution is -2.29. The van der Waals surface area contributed by atoms with Gasteiger partial charge < -0.3 is 15.1 Å². The summed E-state index contributed by atoms with van der Waals surface area (Å²) in [6.45, 7) is 6.39. The van der Waals surface area contributed by atoms with Gasteiger partial charge in [0.1, 0.15) is 5.76 Å². The Hall–Kier alpha value is -4.19. The van der Waals surface area contributed by atoms with Crippen molar-refractivity contribution >= 4 is 23.4 Å². The van der Waals surface area contributed by atoms with Crippen molar-refractivity contribution in [3.05, 3.63) is 112 Å². The molecule has 3 aromatic carbocycles. The topological polar surface area (TPSA) is 94.9 Å². The van der Waals surface area contributed by atoms with Crippen molar-refractivity contribution < 1.29 is 24.6 Å². The average Bonchev–Trinajstić information content (AvgIpc) is 3.09. The second-order valence-corrected chi connectivity index (χ2v) is 9.67. The molecule has 1 atom stereocenters. The first kappa shape index (κ1) is 24.0. The zero-order valence-corrected chi connectivity index (χ0v) is 19.9. The van der Waals surface area contributed by atoms with Gasteiger partial charge in [0.25, 0.3) is 11.7 Å². The fourth-order valence-corrected chi connectivity index (χ4v) is 4.26. The zero-order valence-electron chi connectivity index (χ0n) is 19.9. The number of benzene rings is 3. The molecule has 0 radical (unpaired) electrons. The molecule has 4 rings (SSSR count). The van der Waals surface area contributed by atoms with Crippen LogP contribution in [0.15, 0.2) is 84.4 Å². The van der Waals surface area contributed by atoms with Crippen LogP contribution < -0.4 is 0 Å². The predicted molar refractivity (Wildman–Crippen MR) is 133 cm³/mol. The SMILES string of the molecule is CC(C)(C)c1ccc(C2/C(=C(\O)c3ccccc3)C(=O)C(=O)N2Cc2ccc(C(=O)O)cc2)cc1. The lowest BCUT2D eigenvalue weighted by atomic mass is 9.85. The molecule has 0 saturated carbocycles. The third-order valence-corrected chi connectivity index (χ3v) is 6.23. The number of aromatic carboxylic acids is 1. The molecule has 1 unspecified atom stereocenters. The number of ketones is 1. The first-order valence-electron chi connectivity index (χ1n) is 11.3. The molecule has 0 spiro atoms. The van der Waals surface area contributed by atoms with E-state index in [1.54, 1.807) is 42.5 Å². The van der Waals surface area contributed by atoms with Crippen LogP contribution >= 0.6 is 0 Å². The number of aliphatic hydroxyl groups excluding tert-OH is 1. The highest BCUT2D eigenvalue weighted by molar-refractivity contribution is 6.46. The number of rotatable bonds is 5. The van der Waals surface area contributed by atoms with E-state index in [-0.39, 0.29) is 28.9 Å². The normalized spacial score (nSPS) is 17.6. The van der Waals surface area contributed by atoms with Gasteiger partial charge in [-0.25, -0.2) is 4.79 Å². The van der Waals surface area contributed by atoms with E-state index in [2.05, 4.69) is 20.8 Å². The summed E-state index contributed by atoms with van der Waals surface area (Å²) < 4.78 is 0. The van der Waals surface area contributed by atoms with E-state index in [4.69, 9.17) is 5.11 Å². The maximum absolute atomic E-state index is 13.2. The molecule has 6 nitrogen and oxygen atoms in total. The first-order valence-corrected chi connectivity index (χ1v) is 11.3. The van der Waals surface area contributed by atoms with Gasteiger partial charge in [-0.2, -0.15) is 0 Å². The Kier molecular flexibility index (Phi) is 6.31. The van der Waals surface area contributed by atoms with Gasteiger partial charge in [0.15, 0.2) is 0 Å². The maximum Gasteiger partial charge on any atom is 0.335 e. The number of nitrogens with zero attached hydrogens (tertiary/aromatic N) is 1. The summed E-state index contributed by atoms with van der Waals surface area (Å²) >= 11 is 0. The van der Waals surface area contributed by atoms with Crippen LogP contribution in [0.1, 0.15) is 59.4 Å². The van der Waals surface area contributed by atoms with Crippen LogP contribution in [-0.2, 0) is 21.5 Å². The van der Waals surface area contributed by atoms with Crippen LogP contribution in [0.4, 0.5) is 0 Å². The summed E-state index contributed by atoms with van der Waals surface area (Å²) in [6.07, 6.45) is 0. The Labute approximate surface area is 204 Å². The minimum atomic E-state index is -1.04. The highest BCUT2D eigenvalue weighted by atomic mass is 16.4. The number of carbonyl (C=O) groups is 3. The number of hydrogen-bond donors (Lipinski definition) is 2. The van der Waals surface area contributed by atoms with E-state index < -0.39 is 23.7 Å². The molecule has 0 aliphatic carbocycles. The third kappa shape index (κ3) is 4.73. The summed E-state index contributed by atoms with van der Waals surface area (Å²) in [5.41, 5.74) is 3.03. The predicted octanol–water partition coefficient (Wildman–Crippen LogP) is 5.30. The van der Waals surface area contributed by atoms with Gasteiger partial charge in [-0.1, -0.05) is 87.5 Å². The Balaban J connectivity index is 1.82. The number of aliphatic hydroxyl groups is 1. The van der Waals surface area contributed by atoms with Gasteiger partial charge >= 0.3 is 5.97 Å². The molecule has 0 aromatic heterocycles. The Morgan fingerprint density at radius 2 is 1.43 bits per heavy atom. The van der Waals surface area contributed by atoms with Crippen molar-refractivity contribution in [2.45, 2.75) is 38.8 Å². The minimum Gasteiger partial charge on any atom is -0.507 e. The lowest BCUT2D eigenvalue weighted by molar-refractivity contribution is -0.140. The van der Waals surface area contributed by atoms with Gasteiger partial charge in [0, 0.05) is 12.1 Å². The summed E-state index contributed by atoms with van der Waals surface area (Å²) in [6, 6.07) is 21.8. The molecule has 3 aromatic rings. The fourth-order valence-electron chi connectivity index (χ4n) is 4.26. The second-order valence-electron chi connectivity index (χ2n) is 9.67. The monoisotopic (exact) mass is 469 g/mol. The Morgan fingerprint density at radius 3 is 1.97 bits per heavy atom. The number of carboxylic acids is 1. The summed E-state index contributed by atoms with van der Waals surface area (Å²) in [5.74, 6) is -2.73. The summed E-state index contributed by atoms with van der Waals surface area (Å²) in [7, 11) is 0. The molecule has 1 saturated heterocycles. The van der Waals surface area contributed by atoms with Crippen molar-refractivity contribution in [1.82, 2.24) is 4.90 Å². The Morgan fingerprint density at radius 1 is 0.829 bits per heavy atom. The molecule has 1 amide bonds. The number of amides is 1. The van der Waals surface area contributed by atoms with Gasteiger partial charge in [-0.3, -0.25) is 9.59 Å². The molecule has 1 fully saturated rings. The zero-order chi connectivity index (χ0) is 25.3. The van der Waals surface area contributed by atoms with Crippen molar-refractivity contribution in [2.24, 2.45) is 0 Å². The van der Waals surface area contributed by atoms with E-state index in [0.29, 0.717) is 16.7 Å². The minimum absolute atomic E-state index is 0.0341. The van der Waals surface area contributed by atoms with E-state index in [1.165, 1.54) is 17.0 Å². The van der Waals surface area contributed by atoms with Crippen LogP contribution in [0, 0.1) is 0 Å². The van der Waals surface area contributed by atoms with Gasteiger partial charge in [-0.05, 0) is 34.2 Å². The lowest BCUT2D eigenvalue weighted by Gasteiger charge is -2.26. The number of carbonyl (C=O) groups excluding carboxylic acids is 2. The van der Waals surface area contributed by atoms with Gasteiger partial charge in [0.05, 0.1) is 17.2 Å². The third-order valence-electron chi connectivity index (χ3n) is 6.23.